The Kier molecular flexibility index (Phi) is 6.76. The molecule has 0 aliphatic carbocycles. The Labute approximate surface area is 151 Å². The van der Waals surface area contributed by atoms with Crippen LogP contribution in [0.5, 0.6) is 11.5 Å². The van der Waals surface area contributed by atoms with Crippen LogP contribution in [0, 0.1) is 10.1 Å². The number of ether oxygens (including phenoxy) is 3. The van der Waals surface area contributed by atoms with Crippen LogP contribution in [-0.4, -0.2) is 54.6 Å². The van der Waals surface area contributed by atoms with E-state index in [9.17, 15) is 19.7 Å². The third kappa shape index (κ3) is 4.62. The molecule has 9 heteroatoms. The molecule has 1 saturated heterocycles. The van der Waals surface area contributed by atoms with Crippen molar-refractivity contribution in [2.75, 3.05) is 26.9 Å². The van der Waals surface area contributed by atoms with Crippen molar-refractivity contribution in [3.63, 3.8) is 0 Å². The molecule has 0 aromatic heterocycles. The number of nitro benzene ring substituents is 1. The van der Waals surface area contributed by atoms with Crippen LogP contribution in [0.2, 0.25) is 0 Å². The Balaban J connectivity index is 2.07. The van der Waals surface area contributed by atoms with Crippen LogP contribution in [0.1, 0.15) is 26.2 Å². The fourth-order valence-corrected chi connectivity index (χ4v) is 2.82. The average Bonchev–Trinajstić information content (AvgIpc) is 2.66. The number of likely N-dealkylation sites (tertiary alicyclic amines) is 1. The van der Waals surface area contributed by atoms with Gasteiger partial charge in [0, 0.05) is 6.54 Å². The lowest BCUT2D eigenvalue weighted by Gasteiger charge is -2.33. The van der Waals surface area contributed by atoms with E-state index in [2.05, 4.69) is 0 Å². The predicted molar refractivity (Wildman–Crippen MR) is 91.1 cm³/mol. The van der Waals surface area contributed by atoms with Crippen molar-refractivity contribution in [1.82, 2.24) is 4.90 Å². The van der Waals surface area contributed by atoms with Gasteiger partial charge in [0.25, 0.3) is 5.91 Å². The average molecular weight is 366 g/mol. The summed E-state index contributed by atoms with van der Waals surface area (Å²) in [5.41, 5.74) is -0.294. The lowest BCUT2D eigenvalue weighted by Crippen LogP contribution is -2.50. The van der Waals surface area contributed by atoms with Crippen LogP contribution in [0.15, 0.2) is 18.2 Å². The van der Waals surface area contributed by atoms with E-state index < -0.39 is 29.4 Å². The highest BCUT2D eigenvalue weighted by atomic mass is 16.6. The van der Waals surface area contributed by atoms with Gasteiger partial charge in [-0.3, -0.25) is 14.9 Å². The van der Waals surface area contributed by atoms with Gasteiger partial charge in [0.2, 0.25) is 0 Å². The highest BCUT2D eigenvalue weighted by molar-refractivity contribution is 5.85. The quantitative estimate of drug-likeness (QED) is 0.412. The van der Waals surface area contributed by atoms with Crippen molar-refractivity contribution in [3.8, 4) is 11.5 Å². The topological polar surface area (TPSA) is 108 Å². The second-order valence-corrected chi connectivity index (χ2v) is 5.73. The van der Waals surface area contributed by atoms with Gasteiger partial charge in [-0.2, -0.15) is 0 Å². The first-order valence-corrected chi connectivity index (χ1v) is 8.39. The van der Waals surface area contributed by atoms with Gasteiger partial charge in [-0.15, -0.1) is 0 Å². The number of piperidine rings is 1. The Morgan fingerprint density at radius 2 is 2.12 bits per heavy atom. The summed E-state index contributed by atoms with van der Waals surface area (Å²) in [5.74, 6) is -0.563. The molecule has 0 saturated carbocycles. The first kappa shape index (κ1) is 19.5. The van der Waals surface area contributed by atoms with E-state index in [1.165, 1.54) is 30.2 Å². The minimum atomic E-state index is -0.634. The smallest absolute Gasteiger partial charge is 0.328 e. The number of esters is 1. The number of hydrogen-bond acceptors (Lipinski definition) is 7. The molecule has 1 aliphatic heterocycles. The van der Waals surface area contributed by atoms with Crippen molar-refractivity contribution in [1.29, 1.82) is 0 Å². The third-order valence-corrected chi connectivity index (χ3v) is 4.10. The Hall–Kier alpha value is -2.84. The molecule has 9 nitrogen and oxygen atoms in total. The maximum absolute atomic E-state index is 12.5. The maximum atomic E-state index is 12.5. The highest BCUT2D eigenvalue weighted by Crippen LogP contribution is 2.31. The molecule has 0 spiro atoms. The first-order chi connectivity index (χ1) is 12.5. The fraction of sp³-hybridized carbons (Fsp3) is 0.529. The normalized spacial score (nSPS) is 16.7. The molecule has 0 bridgehead atoms. The molecule has 0 unspecified atom stereocenters. The molecule has 1 atom stereocenters. The molecule has 1 amide bonds. The van der Waals surface area contributed by atoms with E-state index in [4.69, 9.17) is 14.2 Å². The summed E-state index contributed by atoms with van der Waals surface area (Å²) in [6.45, 7) is 1.98. The summed E-state index contributed by atoms with van der Waals surface area (Å²) in [4.78, 5) is 36.5. The molecule has 0 N–H and O–H groups in total. The third-order valence-electron chi connectivity index (χ3n) is 4.10. The van der Waals surface area contributed by atoms with Gasteiger partial charge in [0.1, 0.15) is 11.8 Å². The molecule has 1 heterocycles. The number of nitro groups is 1. The molecular weight excluding hydrogens is 344 g/mol. The summed E-state index contributed by atoms with van der Waals surface area (Å²) in [7, 11) is 1.40. The van der Waals surface area contributed by atoms with Crippen molar-refractivity contribution >= 4 is 17.6 Å². The number of benzene rings is 1. The molecule has 2 rings (SSSR count). The second kappa shape index (κ2) is 9.02. The second-order valence-electron chi connectivity index (χ2n) is 5.73. The zero-order valence-corrected chi connectivity index (χ0v) is 14.8. The van der Waals surface area contributed by atoms with Crippen LogP contribution in [0.4, 0.5) is 5.69 Å². The van der Waals surface area contributed by atoms with E-state index in [-0.39, 0.29) is 18.0 Å². The molecule has 1 fully saturated rings. The number of carbonyl (C=O) groups is 2. The van der Waals surface area contributed by atoms with Crippen LogP contribution in [-0.2, 0) is 14.3 Å². The van der Waals surface area contributed by atoms with Crippen LogP contribution < -0.4 is 9.47 Å². The Bertz CT molecular complexity index is 677. The minimum absolute atomic E-state index is 0.0335. The van der Waals surface area contributed by atoms with E-state index in [0.29, 0.717) is 18.7 Å². The van der Waals surface area contributed by atoms with Gasteiger partial charge in [0.15, 0.2) is 12.4 Å². The van der Waals surface area contributed by atoms with Gasteiger partial charge in [-0.25, -0.2) is 4.79 Å². The first-order valence-electron chi connectivity index (χ1n) is 8.39. The van der Waals surface area contributed by atoms with Gasteiger partial charge in [0.05, 0.1) is 24.7 Å². The summed E-state index contributed by atoms with van der Waals surface area (Å²) in [5, 5.41) is 11.2. The van der Waals surface area contributed by atoms with Crippen molar-refractivity contribution in [3.05, 3.63) is 28.3 Å². The van der Waals surface area contributed by atoms with Crippen LogP contribution in [0.3, 0.4) is 0 Å². The van der Waals surface area contributed by atoms with E-state index >= 15 is 0 Å². The van der Waals surface area contributed by atoms with Crippen LogP contribution in [0.25, 0.3) is 0 Å². The number of carbonyl (C=O) groups excluding carboxylic acids is 2. The van der Waals surface area contributed by atoms with E-state index in [1.807, 2.05) is 0 Å². The van der Waals surface area contributed by atoms with Gasteiger partial charge in [-0.1, -0.05) is 0 Å². The predicted octanol–water partition coefficient (Wildman–Crippen LogP) is 1.93. The number of nitrogens with zero attached hydrogens (tertiary/aromatic N) is 2. The molecule has 1 aromatic carbocycles. The zero-order chi connectivity index (χ0) is 19.1. The Morgan fingerprint density at radius 1 is 1.35 bits per heavy atom. The number of amides is 1. The molecular formula is C17H22N2O7. The standard InChI is InChI=1S/C17H22N2O7/c1-3-25-17(21)13-6-4-5-9-18(13)16(20)11-26-15-8-7-12(24-2)10-14(15)19(22)23/h7-8,10,13H,3-6,9,11H2,1-2H3/t13-/m1/s1. The molecule has 142 valence electrons. The number of hydrogen-bond donors (Lipinski definition) is 0. The minimum Gasteiger partial charge on any atom is -0.496 e. The molecule has 1 aromatic rings. The lowest BCUT2D eigenvalue weighted by atomic mass is 10.0. The zero-order valence-electron chi connectivity index (χ0n) is 14.8. The van der Waals surface area contributed by atoms with Gasteiger partial charge in [-0.05, 0) is 38.3 Å². The van der Waals surface area contributed by atoms with E-state index in [0.717, 1.165) is 12.8 Å². The largest absolute Gasteiger partial charge is 0.496 e. The molecule has 1 aliphatic rings. The highest BCUT2D eigenvalue weighted by Gasteiger charge is 2.33. The molecule has 26 heavy (non-hydrogen) atoms. The van der Waals surface area contributed by atoms with Crippen LogP contribution >= 0.6 is 0 Å². The summed E-state index contributed by atoms with van der Waals surface area (Å²) in [6.07, 6.45) is 2.15. The maximum Gasteiger partial charge on any atom is 0.328 e. The summed E-state index contributed by atoms with van der Waals surface area (Å²) in [6, 6.07) is 3.48. The summed E-state index contributed by atoms with van der Waals surface area (Å²) < 4.78 is 15.3. The monoisotopic (exact) mass is 366 g/mol. The number of rotatable bonds is 7. The number of methoxy groups -OCH3 is 1. The van der Waals surface area contributed by atoms with Gasteiger partial charge >= 0.3 is 11.7 Å². The fourth-order valence-electron chi connectivity index (χ4n) is 2.82. The molecule has 0 radical (unpaired) electrons. The van der Waals surface area contributed by atoms with Crippen molar-refractivity contribution < 1.29 is 28.7 Å². The Morgan fingerprint density at radius 3 is 2.77 bits per heavy atom. The lowest BCUT2D eigenvalue weighted by molar-refractivity contribution is -0.385. The SMILES string of the molecule is CCOC(=O)[C@H]1CCCCN1C(=O)COc1ccc(OC)cc1[N+](=O)[O-]. The summed E-state index contributed by atoms with van der Waals surface area (Å²) >= 11 is 0. The van der Waals surface area contributed by atoms with Crippen molar-refractivity contribution in [2.45, 2.75) is 32.2 Å². The van der Waals surface area contributed by atoms with Crippen molar-refractivity contribution in [2.24, 2.45) is 0 Å². The van der Waals surface area contributed by atoms with E-state index in [1.54, 1.807) is 6.92 Å². The van der Waals surface area contributed by atoms with Gasteiger partial charge < -0.3 is 19.1 Å².